The highest BCUT2D eigenvalue weighted by Crippen LogP contribution is 1.97. The van der Waals surface area contributed by atoms with Gasteiger partial charge in [-0.2, -0.15) is 0 Å². The Morgan fingerprint density at radius 1 is 1.36 bits per heavy atom. The summed E-state index contributed by atoms with van der Waals surface area (Å²) in [6.45, 7) is 8.70. The third-order valence-electron chi connectivity index (χ3n) is 0.946. The summed E-state index contributed by atoms with van der Waals surface area (Å²) in [6, 6.07) is 0. The number of rotatable bonds is 3. The van der Waals surface area contributed by atoms with Crippen molar-refractivity contribution in [2.45, 2.75) is 33.0 Å². The van der Waals surface area contributed by atoms with Gasteiger partial charge in [-0.25, -0.2) is 4.79 Å². The maximum Gasteiger partial charge on any atom is 0.509 e. The number of carbonyl (C=O) groups is 1. The second kappa shape index (κ2) is 4.77. The smallest absolute Gasteiger partial charge is 0.432 e. The quantitative estimate of drug-likeness (QED) is 0.466. The van der Waals surface area contributed by atoms with Crippen LogP contribution in [0.2, 0.25) is 0 Å². The summed E-state index contributed by atoms with van der Waals surface area (Å²) in [4.78, 5) is 10.7. The Bertz CT molecular complexity index is 140. The Morgan fingerprint density at radius 2 is 1.91 bits per heavy atom. The molecule has 0 saturated heterocycles. The fourth-order valence-corrected chi connectivity index (χ4v) is 0.420. The van der Waals surface area contributed by atoms with Crippen LogP contribution < -0.4 is 0 Å². The first kappa shape index (κ1) is 10.0. The molecule has 64 valence electrons. The van der Waals surface area contributed by atoms with E-state index in [1.807, 2.05) is 0 Å². The van der Waals surface area contributed by atoms with E-state index in [-0.39, 0.29) is 12.2 Å². The van der Waals surface area contributed by atoms with E-state index in [0.29, 0.717) is 0 Å². The Balaban J connectivity index is 3.60. The topological polar surface area (TPSA) is 35.5 Å². The normalized spacial score (nSPS) is 12.4. The minimum Gasteiger partial charge on any atom is -0.432 e. The van der Waals surface area contributed by atoms with Crippen molar-refractivity contribution >= 4 is 6.16 Å². The van der Waals surface area contributed by atoms with Crippen LogP contribution in [0.4, 0.5) is 4.79 Å². The summed E-state index contributed by atoms with van der Waals surface area (Å²) in [7, 11) is 0. The van der Waals surface area contributed by atoms with Crippen molar-refractivity contribution in [1.29, 1.82) is 0 Å². The Morgan fingerprint density at radius 3 is 2.27 bits per heavy atom. The highest BCUT2D eigenvalue weighted by atomic mass is 16.7. The van der Waals surface area contributed by atoms with Crippen LogP contribution in [0.15, 0.2) is 12.7 Å². The largest absolute Gasteiger partial charge is 0.509 e. The molecular formula is C8H14O3. The number of ether oxygens (including phenoxy) is 2. The second-order valence-corrected chi connectivity index (χ2v) is 2.48. The molecule has 0 spiro atoms. The lowest BCUT2D eigenvalue weighted by molar-refractivity contribution is 0.0231. The van der Waals surface area contributed by atoms with E-state index in [1.165, 1.54) is 6.08 Å². The van der Waals surface area contributed by atoms with Crippen LogP contribution in [-0.4, -0.2) is 18.4 Å². The van der Waals surface area contributed by atoms with Crippen molar-refractivity contribution in [3.8, 4) is 0 Å². The molecule has 0 fully saturated rings. The summed E-state index contributed by atoms with van der Waals surface area (Å²) in [5.41, 5.74) is 0. The van der Waals surface area contributed by atoms with Gasteiger partial charge in [0, 0.05) is 0 Å². The van der Waals surface area contributed by atoms with Gasteiger partial charge < -0.3 is 9.47 Å². The highest BCUT2D eigenvalue weighted by molar-refractivity contribution is 5.60. The van der Waals surface area contributed by atoms with Gasteiger partial charge in [-0.1, -0.05) is 12.7 Å². The molecule has 0 aliphatic rings. The van der Waals surface area contributed by atoms with Crippen LogP contribution in [-0.2, 0) is 9.47 Å². The highest BCUT2D eigenvalue weighted by Gasteiger charge is 2.08. The van der Waals surface area contributed by atoms with Crippen LogP contribution in [0.1, 0.15) is 20.8 Å². The van der Waals surface area contributed by atoms with Gasteiger partial charge in [0.25, 0.3) is 0 Å². The van der Waals surface area contributed by atoms with Crippen molar-refractivity contribution in [2.24, 2.45) is 0 Å². The van der Waals surface area contributed by atoms with Crippen LogP contribution in [0.25, 0.3) is 0 Å². The number of hydrogen-bond donors (Lipinski definition) is 0. The molecule has 0 saturated carbocycles. The Labute approximate surface area is 67.0 Å². The fraction of sp³-hybridized carbons (Fsp3) is 0.625. The minimum absolute atomic E-state index is 0.139. The van der Waals surface area contributed by atoms with Crippen molar-refractivity contribution in [2.75, 3.05) is 0 Å². The maximum absolute atomic E-state index is 10.7. The maximum atomic E-state index is 10.7. The van der Waals surface area contributed by atoms with Crippen LogP contribution in [0.5, 0.6) is 0 Å². The standard InChI is InChI=1S/C8H14O3/c1-5-7(4)11-8(9)10-6(2)3/h5-7H,1H2,2-4H3. The number of carbonyl (C=O) groups excluding carboxylic acids is 1. The average molecular weight is 158 g/mol. The van der Waals surface area contributed by atoms with Crippen LogP contribution in [0.3, 0.4) is 0 Å². The van der Waals surface area contributed by atoms with Gasteiger partial charge in [0.1, 0.15) is 6.10 Å². The molecule has 1 atom stereocenters. The SMILES string of the molecule is C=CC(C)OC(=O)OC(C)C. The summed E-state index contributed by atoms with van der Waals surface area (Å²) in [5.74, 6) is 0. The zero-order valence-electron chi connectivity index (χ0n) is 7.16. The molecule has 11 heavy (non-hydrogen) atoms. The van der Waals surface area contributed by atoms with Gasteiger partial charge in [-0.15, -0.1) is 0 Å². The van der Waals surface area contributed by atoms with Crippen molar-refractivity contribution in [1.82, 2.24) is 0 Å². The van der Waals surface area contributed by atoms with Gasteiger partial charge in [-0.05, 0) is 20.8 Å². The molecule has 1 unspecified atom stereocenters. The molecule has 0 aliphatic carbocycles. The molecule has 3 heteroatoms. The Kier molecular flexibility index (Phi) is 4.34. The summed E-state index contributed by atoms with van der Waals surface area (Å²) < 4.78 is 9.44. The first-order valence-corrected chi connectivity index (χ1v) is 3.56. The molecule has 0 aromatic heterocycles. The average Bonchev–Trinajstić information content (AvgIpc) is 1.85. The molecule has 0 bridgehead atoms. The van der Waals surface area contributed by atoms with Crippen molar-refractivity contribution in [3.63, 3.8) is 0 Å². The first-order valence-electron chi connectivity index (χ1n) is 3.56. The van der Waals surface area contributed by atoms with E-state index in [9.17, 15) is 4.79 Å². The second-order valence-electron chi connectivity index (χ2n) is 2.48. The summed E-state index contributed by atoms with van der Waals surface area (Å²) >= 11 is 0. The van der Waals surface area contributed by atoms with Crippen molar-refractivity contribution < 1.29 is 14.3 Å². The molecule has 0 aliphatic heterocycles. The molecule has 0 aromatic rings. The molecule has 0 N–H and O–H groups in total. The lowest BCUT2D eigenvalue weighted by Gasteiger charge is -2.10. The van der Waals surface area contributed by atoms with Gasteiger partial charge >= 0.3 is 6.16 Å². The summed E-state index contributed by atoms with van der Waals surface area (Å²) in [6.07, 6.45) is 0.454. The molecule has 3 nitrogen and oxygen atoms in total. The molecule has 0 amide bonds. The number of hydrogen-bond acceptors (Lipinski definition) is 3. The molecule has 0 radical (unpaired) electrons. The first-order chi connectivity index (χ1) is 5.06. The zero-order chi connectivity index (χ0) is 8.85. The third-order valence-corrected chi connectivity index (χ3v) is 0.946. The monoisotopic (exact) mass is 158 g/mol. The van der Waals surface area contributed by atoms with Crippen LogP contribution >= 0.6 is 0 Å². The lowest BCUT2D eigenvalue weighted by Crippen LogP contribution is -2.17. The lowest BCUT2D eigenvalue weighted by atomic mass is 10.4. The van der Waals surface area contributed by atoms with E-state index >= 15 is 0 Å². The molecule has 0 heterocycles. The van der Waals surface area contributed by atoms with Gasteiger partial charge in [0.05, 0.1) is 6.10 Å². The van der Waals surface area contributed by atoms with E-state index in [1.54, 1.807) is 20.8 Å². The van der Waals surface area contributed by atoms with E-state index in [2.05, 4.69) is 6.58 Å². The third kappa shape index (κ3) is 5.45. The van der Waals surface area contributed by atoms with Crippen molar-refractivity contribution in [3.05, 3.63) is 12.7 Å². The Hall–Kier alpha value is -0.990. The van der Waals surface area contributed by atoms with E-state index < -0.39 is 6.16 Å². The fourth-order valence-electron chi connectivity index (χ4n) is 0.420. The molecule has 0 aromatic carbocycles. The van der Waals surface area contributed by atoms with Gasteiger partial charge in [0.2, 0.25) is 0 Å². The molecular weight excluding hydrogens is 144 g/mol. The van der Waals surface area contributed by atoms with E-state index in [4.69, 9.17) is 9.47 Å². The molecule has 0 rings (SSSR count). The van der Waals surface area contributed by atoms with E-state index in [0.717, 1.165) is 0 Å². The summed E-state index contributed by atoms with van der Waals surface area (Å²) in [5, 5.41) is 0. The minimum atomic E-state index is -0.646. The van der Waals surface area contributed by atoms with Crippen LogP contribution in [0, 0.1) is 0 Å². The zero-order valence-corrected chi connectivity index (χ0v) is 7.16. The van der Waals surface area contributed by atoms with Gasteiger partial charge in [-0.3, -0.25) is 0 Å². The predicted octanol–water partition coefficient (Wildman–Crippen LogP) is 2.12. The van der Waals surface area contributed by atoms with Gasteiger partial charge in [0.15, 0.2) is 0 Å². The predicted molar refractivity (Wildman–Crippen MR) is 42.4 cm³/mol.